The summed E-state index contributed by atoms with van der Waals surface area (Å²) in [4.78, 5) is 21.7. The Morgan fingerprint density at radius 2 is 1.90 bits per heavy atom. The van der Waals surface area contributed by atoms with Gasteiger partial charge in [-0.25, -0.2) is 4.98 Å². The van der Waals surface area contributed by atoms with Gasteiger partial charge in [-0.3, -0.25) is 4.79 Å². The molecule has 1 aromatic carbocycles. The van der Waals surface area contributed by atoms with Crippen LogP contribution in [0.15, 0.2) is 53.3 Å². The second-order valence-electron chi connectivity index (χ2n) is 6.07. The molecule has 0 bridgehead atoms. The molecule has 1 amide bonds. The molecule has 0 atom stereocenters. The SMILES string of the molecule is CN(C(=O)c1cn2ccc(-c3noc(C(F)(F)F)n3)cc2n1)c1ccc(Cl)cc1. The van der Waals surface area contributed by atoms with E-state index in [9.17, 15) is 18.0 Å². The number of carbonyl (C=O) groups is 1. The first-order chi connectivity index (χ1) is 13.7. The smallest absolute Gasteiger partial charge is 0.329 e. The van der Waals surface area contributed by atoms with Gasteiger partial charge in [0, 0.05) is 35.7 Å². The molecule has 0 aliphatic rings. The normalized spacial score (nSPS) is 11.8. The minimum atomic E-state index is -4.73. The molecule has 0 aliphatic carbocycles. The third kappa shape index (κ3) is 3.66. The summed E-state index contributed by atoms with van der Waals surface area (Å²) in [6, 6.07) is 9.68. The van der Waals surface area contributed by atoms with Gasteiger partial charge in [0.15, 0.2) is 0 Å². The van der Waals surface area contributed by atoms with Gasteiger partial charge in [0.05, 0.1) is 0 Å². The monoisotopic (exact) mass is 421 g/mol. The van der Waals surface area contributed by atoms with Crippen molar-refractivity contribution in [1.82, 2.24) is 19.5 Å². The molecule has 0 fully saturated rings. The number of alkyl halides is 3. The molecule has 3 heterocycles. The summed E-state index contributed by atoms with van der Waals surface area (Å²) in [6.45, 7) is 0. The molecular weight excluding hydrogens is 411 g/mol. The van der Waals surface area contributed by atoms with E-state index in [2.05, 4.69) is 19.6 Å². The lowest BCUT2D eigenvalue weighted by atomic mass is 10.2. The Morgan fingerprint density at radius 3 is 2.55 bits per heavy atom. The molecule has 3 aromatic heterocycles. The summed E-state index contributed by atoms with van der Waals surface area (Å²) >= 11 is 5.86. The lowest BCUT2D eigenvalue weighted by molar-refractivity contribution is -0.159. The maximum absolute atomic E-state index is 12.7. The number of hydrogen-bond donors (Lipinski definition) is 0. The fraction of sp³-hybridized carbons (Fsp3) is 0.111. The first kappa shape index (κ1) is 18.9. The molecule has 0 saturated heterocycles. The van der Waals surface area contributed by atoms with E-state index in [0.717, 1.165) is 0 Å². The molecule has 0 saturated carbocycles. The Balaban J connectivity index is 1.64. The molecule has 0 spiro atoms. The first-order valence-electron chi connectivity index (χ1n) is 8.16. The van der Waals surface area contributed by atoms with Gasteiger partial charge in [0.25, 0.3) is 5.91 Å². The summed E-state index contributed by atoms with van der Waals surface area (Å²) in [7, 11) is 1.60. The predicted molar refractivity (Wildman–Crippen MR) is 97.7 cm³/mol. The van der Waals surface area contributed by atoms with E-state index in [1.54, 1.807) is 41.9 Å². The van der Waals surface area contributed by atoms with Gasteiger partial charge in [-0.2, -0.15) is 18.2 Å². The zero-order chi connectivity index (χ0) is 20.8. The van der Waals surface area contributed by atoms with Crippen LogP contribution in [0, 0.1) is 0 Å². The summed E-state index contributed by atoms with van der Waals surface area (Å²) < 4.78 is 43.7. The lowest BCUT2D eigenvalue weighted by Crippen LogP contribution is -2.26. The highest BCUT2D eigenvalue weighted by Gasteiger charge is 2.38. The average Bonchev–Trinajstić information content (AvgIpc) is 3.33. The molecule has 29 heavy (non-hydrogen) atoms. The maximum atomic E-state index is 12.7. The van der Waals surface area contributed by atoms with Crippen LogP contribution in [0.25, 0.3) is 17.0 Å². The summed E-state index contributed by atoms with van der Waals surface area (Å²) in [5.41, 5.74) is 1.40. The van der Waals surface area contributed by atoms with E-state index in [0.29, 0.717) is 16.4 Å². The van der Waals surface area contributed by atoms with Crippen molar-refractivity contribution >= 4 is 28.8 Å². The minimum Gasteiger partial charge on any atom is -0.329 e. The number of anilines is 1. The van der Waals surface area contributed by atoms with Crippen molar-refractivity contribution in [3.8, 4) is 11.4 Å². The zero-order valence-electron chi connectivity index (χ0n) is 14.7. The van der Waals surface area contributed by atoms with Gasteiger partial charge >= 0.3 is 12.1 Å². The van der Waals surface area contributed by atoms with Gasteiger partial charge in [0.2, 0.25) is 5.82 Å². The summed E-state index contributed by atoms with van der Waals surface area (Å²) in [6.07, 6.45) is -1.67. The molecule has 11 heteroatoms. The summed E-state index contributed by atoms with van der Waals surface area (Å²) in [5, 5.41) is 3.89. The Morgan fingerprint density at radius 1 is 1.17 bits per heavy atom. The van der Waals surface area contributed by atoms with Crippen LogP contribution in [-0.4, -0.2) is 32.5 Å². The largest absolute Gasteiger partial charge is 0.471 e. The van der Waals surface area contributed by atoms with Crippen molar-refractivity contribution in [2.75, 3.05) is 11.9 Å². The van der Waals surface area contributed by atoms with Crippen LogP contribution in [0.4, 0.5) is 18.9 Å². The Kier molecular flexibility index (Phi) is 4.50. The molecule has 4 aromatic rings. The number of carbonyl (C=O) groups excluding carboxylic acids is 1. The number of halogens is 4. The van der Waals surface area contributed by atoms with Gasteiger partial charge in [0.1, 0.15) is 11.3 Å². The standard InChI is InChI=1S/C18H11ClF3N5O2/c1-26(12-4-2-11(19)3-5-12)16(28)13-9-27-7-6-10(8-14(27)23-13)15-24-17(29-25-15)18(20,21)22/h2-9H,1H3. The maximum Gasteiger partial charge on any atom is 0.471 e. The van der Waals surface area contributed by atoms with Crippen LogP contribution in [0.2, 0.25) is 5.02 Å². The molecule has 4 rings (SSSR count). The van der Waals surface area contributed by atoms with Gasteiger partial charge in [-0.15, -0.1) is 0 Å². The highest BCUT2D eigenvalue weighted by atomic mass is 35.5. The third-order valence-corrected chi connectivity index (χ3v) is 4.38. The van der Waals surface area contributed by atoms with E-state index in [1.807, 2.05) is 0 Å². The minimum absolute atomic E-state index is 0.156. The number of imidazole rings is 1. The number of hydrogen-bond acceptors (Lipinski definition) is 5. The van der Waals surface area contributed by atoms with Crippen molar-refractivity contribution in [2.24, 2.45) is 0 Å². The highest BCUT2D eigenvalue weighted by Crippen LogP contribution is 2.29. The average molecular weight is 422 g/mol. The van der Waals surface area contributed by atoms with Crippen LogP contribution in [0.1, 0.15) is 16.4 Å². The van der Waals surface area contributed by atoms with Crippen molar-refractivity contribution in [3.05, 3.63) is 65.4 Å². The van der Waals surface area contributed by atoms with Crippen LogP contribution in [0.3, 0.4) is 0 Å². The quantitative estimate of drug-likeness (QED) is 0.492. The van der Waals surface area contributed by atoms with Crippen molar-refractivity contribution in [3.63, 3.8) is 0 Å². The zero-order valence-corrected chi connectivity index (χ0v) is 15.4. The number of pyridine rings is 1. The number of benzene rings is 1. The van der Waals surface area contributed by atoms with Gasteiger partial charge in [-0.05, 0) is 36.4 Å². The highest BCUT2D eigenvalue weighted by molar-refractivity contribution is 6.30. The Bertz CT molecular complexity index is 1200. The van der Waals surface area contributed by atoms with Crippen LogP contribution in [0.5, 0.6) is 0 Å². The number of rotatable bonds is 3. The lowest BCUT2D eigenvalue weighted by Gasteiger charge is -2.15. The second kappa shape index (κ2) is 6.89. The molecular formula is C18H11ClF3N5O2. The molecule has 7 nitrogen and oxygen atoms in total. The summed E-state index contributed by atoms with van der Waals surface area (Å²) in [5.74, 6) is -2.03. The van der Waals surface area contributed by atoms with Crippen molar-refractivity contribution < 1.29 is 22.5 Å². The van der Waals surface area contributed by atoms with Crippen LogP contribution in [-0.2, 0) is 6.18 Å². The molecule has 0 aliphatic heterocycles. The van der Waals surface area contributed by atoms with Crippen molar-refractivity contribution in [2.45, 2.75) is 6.18 Å². The third-order valence-electron chi connectivity index (χ3n) is 4.12. The first-order valence-corrected chi connectivity index (χ1v) is 8.54. The Hall–Kier alpha value is -3.40. The fourth-order valence-corrected chi connectivity index (χ4v) is 2.76. The van der Waals surface area contributed by atoms with E-state index in [1.165, 1.54) is 23.2 Å². The predicted octanol–water partition coefficient (Wildman–Crippen LogP) is 4.33. The van der Waals surface area contributed by atoms with Crippen LogP contribution >= 0.6 is 11.6 Å². The molecule has 0 unspecified atom stereocenters. The van der Waals surface area contributed by atoms with Gasteiger partial charge < -0.3 is 13.8 Å². The Labute approximate surface area is 166 Å². The second-order valence-corrected chi connectivity index (χ2v) is 6.50. The van der Waals surface area contributed by atoms with Crippen molar-refractivity contribution in [1.29, 1.82) is 0 Å². The van der Waals surface area contributed by atoms with E-state index < -0.39 is 12.1 Å². The van der Waals surface area contributed by atoms with Gasteiger partial charge in [-0.1, -0.05) is 16.8 Å². The number of nitrogens with zero attached hydrogens (tertiary/aromatic N) is 5. The van der Waals surface area contributed by atoms with E-state index in [-0.39, 0.29) is 23.0 Å². The van der Waals surface area contributed by atoms with E-state index >= 15 is 0 Å². The molecule has 0 radical (unpaired) electrons. The van der Waals surface area contributed by atoms with E-state index in [4.69, 9.17) is 11.6 Å². The number of fused-ring (bicyclic) bond motifs is 1. The topological polar surface area (TPSA) is 76.5 Å². The fourth-order valence-electron chi connectivity index (χ4n) is 2.63. The number of amides is 1. The molecule has 148 valence electrons. The molecule has 0 N–H and O–H groups in total. The number of aromatic nitrogens is 4. The van der Waals surface area contributed by atoms with Crippen LogP contribution < -0.4 is 4.90 Å².